The zero-order valence-electron chi connectivity index (χ0n) is 21.2. The van der Waals surface area contributed by atoms with Crippen LogP contribution in [0.3, 0.4) is 0 Å². The minimum absolute atomic E-state index is 0.00135. The second-order valence-corrected chi connectivity index (χ2v) is 11.0. The van der Waals surface area contributed by atoms with Crippen molar-refractivity contribution in [3.63, 3.8) is 0 Å². The van der Waals surface area contributed by atoms with Crippen LogP contribution in [0.4, 0.5) is 21.0 Å². The first-order valence-electron chi connectivity index (χ1n) is 13.7. The maximum atomic E-state index is 12.4. The van der Waals surface area contributed by atoms with E-state index in [0.29, 0.717) is 11.8 Å². The average molecular weight is 505 g/mol. The average Bonchev–Trinajstić information content (AvgIpc) is 2.92. The van der Waals surface area contributed by atoms with Crippen LogP contribution in [0.5, 0.6) is 0 Å². The van der Waals surface area contributed by atoms with E-state index in [0.717, 1.165) is 93.9 Å². The molecule has 0 saturated carbocycles. The maximum absolute atomic E-state index is 12.4. The van der Waals surface area contributed by atoms with Crippen LogP contribution in [-0.2, 0) is 15.9 Å². The molecular weight excluding hydrogens is 468 g/mol. The van der Waals surface area contributed by atoms with Gasteiger partial charge in [0.15, 0.2) is 0 Å². The van der Waals surface area contributed by atoms with E-state index in [1.807, 2.05) is 48.5 Å². The highest BCUT2D eigenvalue weighted by molar-refractivity contribution is 5.85. The molecule has 0 aromatic heterocycles. The van der Waals surface area contributed by atoms with Gasteiger partial charge in [0.25, 0.3) is 0 Å². The van der Waals surface area contributed by atoms with Gasteiger partial charge in [-0.25, -0.2) is 9.59 Å². The number of nitrogens with one attached hydrogen (secondary N) is 2. The van der Waals surface area contributed by atoms with Gasteiger partial charge in [0.2, 0.25) is 0 Å². The molecule has 6 aliphatic rings. The molecule has 2 amide bonds. The van der Waals surface area contributed by atoms with Gasteiger partial charge in [-0.2, -0.15) is 0 Å². The number of benzene rings is 2. The van der Waals surface area contributed by atoms with Crippen molar-refractivity contribution in [3.05, 3.63) is 59.7 Å². The Morgan fingerprint density at radius 2 is 1.03 bits per heavy atom. The quantitative estimate of drug-likeness (QED) is 0.600. The van der Waals surface area contributed by atoms with Crippen molar-refractivity contribution in [2.75, 3.05) is 49.9 Å². The third-order valence-electron chi connectivity index (χ3n) is 8.52. The highest BCUT2D eigenvalue weighted by Gasteiger charge is 2.37. The molecule has 6 saturated heterocycles. The lowest BCUT2D eigenvalue weighted by Crippen LogP contribution is -2.52. The van der Waals surface area contributed by atoms with Crippen LogP contribution < -0.4 is 10.6 Å². The number of amides is 2. The Morgan fingerprint density at radius 3 is 1.35 bits per heavy atom. The van der Waals surface area contributed by atoms with Crippen LogP contribution in [0.2, 0.25) is 0 Å². The summed E-state index contributed by atoms with van der Waals surface area (Å²) in [5.41, 5.74) is 3.74. The van der Waals surface area contributed by atoms with Crippen LogP contribution in [0, 0.1) is 11.8 Å². The van der Waals surface area contributed by atoms with Crippen molar-refractivity contribution in [2.24, 2.45) is 11.8 Å². The van der Waals surface area contributed by atoms with Crippen molar-refractivity contribution in [3.8, 4) is 0 Å². The molecule has 8 nitrogen and oxygen atoms in total. The molecule has 0 spiro atoms. The summed E-state index contributed by atoms with van der Waals surface area (Å²) in [5.74, 6) is 0.992. The SMILES string of the molecule is O=C(Nc1ccc(Cc2ccc(NC(=O)OC3CN4CCC3CC4)cc2)cc1)OC1CN2CCC1CC2. The fourth-order valence-electron chi connectivity index (χ4n) is 6.31. The molecule has 6 fully saturated rings. The first-order valence-corrected chi connectivity index (χ1v) is 13.7. The Morgan fingerprint density at radius 1 is 0.649 bits per heavy atom. The zero-order chi connectivity index (χ0) is 25.2. The number of fused-ring (bicyclic) bond motifs is 6. The highest BCUT2D eigenvalue weighted by Crippen LogP contribution is 2.31. The van der Waals surface area contributed by atoms with Crippen molar-refractivity contribution < 1.29 is 19.1 Å². The predicted octanol–water partition coefficient (Wildman–Crippen LogP) is 4.56. The lowest BCUT2D eigenvalue weighted by atomic mass is 9.86. The third-order valence-corrected chi connectivity index (χ3v) is 8.52. The summed E-state index contributed by atoms with van der Waals surface area (Å²) in [6.07, 6.45) is 4.49. The lowest BCUT2D eigenvalue weighted by Gasteiger charge is -2.43. The first-order chi connectivity index (χ1) is 18.1. The number of rotatable bonds is 6. The van der Waals surface area contributed by atoms with Gasteiger partial charge in [-0.05, 0) is 106 Å². The van der Waals surface area contributed by atoms with Crippen LogP contribution in [-0.4, -0.2) is 73.5 Å². The smallest absolute Gasteiger partial charge is 0.411 e. The minimum atomic E-state index is -0.374. The number of piperidine rings is 6. The van der Waals surface area contributed by atoms with Crippen molar-refractivity contribution >= 4 is 23.6 Å². The summed E-state index contributed by atoms with van der Waals surface area (Å²) in [5, 5.41) is 5.74. The largest absolute Gasteiger partial charge is 0.444 e. The van der Waals surface area contributed by atoms with Crippen molar-refractivity contribution in [1.82, 2.24) is 9.80 Å². The fraction of sp³-hybridized carbons (Fsp3) is 0.517. The van der Waals surface area contributed by atoms with E-state index in [-0.39, 0.29) is 24.4 Å². The Labute approximate surface area is 218 Å². The molecule has 6 heterocycles. The molecule has 196 valence electrons. The Balaban J connectivity index is 0.958. The van der Waals surface area contributed by atoms with Gasteiger partial charge >= 0.3 is 12.2 Å². The molecule has 37 heavy (non-hydrogen) atoms. The van der Waals surface area contributed by atoms with Gasteiger partial charge in [0, 0.05) is 24.5 Å². The van der Waals surface area contributed by atoms with E-state index in [1.165, 1.54) is 0 Å². The molecule has 8 heteroatoms. The molecule has 8 rings (SSSR count). The van der Waals surface area contributed by atoms with E-state index in [1.54, 1.807) is 0 Å². The number of anilines is 2. The van der Waals surface area contributed by atoms with Crippen LogP contribution in [0.1, 0.15) is 36.8 Å². The second kappa shape index (κ2) is 10.7. The van der Waals surface area contributed by atoms with Gasteiger partial charge in [-0.3, -0.25) is 20.4 Å². The van der Waals surface area contributed by atoms with Gasteiger partial charge < -0.3 is 9.47 Å². The van der Waals surface area contributed by atoms with E-state index < -0.39 is 0 Å². The predicted molar refractivity (Wildman–Crippen MR) is 142 cm³/mol. The Hall–Kier alpha value is -3.10. The number of ether oxygens (including phenoxy) is 2. The second-order valence-electron chi connectivity index (χ2n) is 11.0. The summed E-state index contributed by atoms with van der Waals surface area (Å²) in [4.78, 5) is 29.5. The molecular formula is C29H36N4O4. The summed E-state index contributed by atoms with van der Waals surface area (Å²) in [6.45, 7) is 6.20. The standard InChI is InChI=1S/C29H36N4O4/c34-28(36-26-18-32-13-9-22(26)10-14-32)30-24-5-1-20(2-6-24)17-21-3-7-25(8-4-21)31-29(35)37-27-19-33-15-11-23(27)12-16-33/h1-8,22-23,26-27H,9-19H2,(H,30,34)(H,31,35). The Kier molecular flexibility index (Phi) is 7.02. The normalized spacial score (nSPS) is 29.9. The topological polar surface area (TPSA) is 83.1 Å². The molecule has 2 aromatic rings. The number of carbonyl (C=O) groups excluding carboxylic acids is 2. The molecule has 2 aromatic carbocycles. The highest BCUT2D eigenvalue weighted by atomic mass is 16.6. The van der Waals surface area contributed by atoms with Crippen molar-refractivity contribution in [1.29, 1.82) is 0 Å². The minimum Gasteiger partial charge on any atom is -0.444 e. The fourth-order valence-corrected chi connectivity index (χ4v) is 6.31. The molecule has 4 bridgehead atoms. The van der Waals surface area contributed by atoms with Crippen molar-refractivity contribution in [2.45, 2.75) is 44.3 Å². The molecule has 2 atom stereocenters. The van der Waals surface area contributed by atoms with Gasteiger partial charge in [-0.15, -0.1) is 0 Å². The number of hydrogen-bond donors (Lipinski definition) is 2. The summed E-state index contributed by atoms with van der Waals surface area (Å²) in [7, 11) is 0. The summed E-state index contributed by atoms with van der Waals surface area (Å²) in [6, 6.07) is 15.7. The molecule has 2 unspecified atom stereocenters. The van der Waals surface area contributed by atoms with Crippen LogP contribution in [0.25, 0.3) is 0 Å². The third kappa shape index (κ3) is 5.91. The summed E-state index contributed by atoms with van der Waals surface area (Å²) < 4.78 is 11.4. The Bertz CT molecular complexity index is 1000. The monoisotopic (exact) mass is 504 g/mol. The first kappa shape index (κ1) is 24.2. The van der Waals surface area contributed by atoms with Gasteiger partial charge in [-0.1, -0.05) is 24.3 Å². The molecule has 0 radical (unpaired) electrons. The number of nitrogens with zero attached hydrogens (tertiary/aromatic N) is 2. The maximum Gasteiger partial charge on any atom is 0.411 e. The molecule has 0 aliphatic carbocycles. The van der Waals surface area contributed by atoms with Crippen LogP contribution >= 0.6 is 0 Å². The van der Waals surface area contributed by atoms with E-state index in [2.05, 4.69) is 20.4 Å². The van der Waals surface area contributed by atoms with E-state index in [4.69, 9.17) is 9.47 Å². The zero-order valence-corrected chi connectivity index (χ0v) is 21.2. The van der Waals surface area contributed by atoms with E-state index in [9.17, 15) is 9.59 Å². The summed E-state index contributed by atoms with van der Waals surface area (Å²) >= 11 is 0. The van der Waals surface area contributed by atoms with Gasteiger partial charge in [0.05, 0.1) is 0 Å². The van der Waals surface area contributed by atoms with Crippen LogP contribution in [0.15, 0.2) is 48.5 Å². The van der Waals surface area contributed by atoms with E-state index >= 15 is 0 Å². The molecule has 2 N–H and O–H groups in total. The number of carbonyl (C=O) groups is 2. The number of hydrogen-bond acceptors (Lipinski definition) is 6. The molecule has 6 aliphatic heterocycles. The van der Waals surface area contributed by atoms with Gasteiger partial charge in [0.1, 0.15) is 12.2 Å². The lowest BCUT2D eigenvalue weighted by molar-refractivity contribution is -0.0291.